The molecule has 4 N–H and O–H groups in total. The molecular formula is C9H13ClN2O2S. The van der Waals surface area contributed by atoms with E-state index in [1.165, 1.54) is 0 Å². The predicted octanol–water partition coefficient (Wildman–Crippen LogP) is 1.37. The van der Waals surface area contributed by atoms with Crippen LogP contribution in [0.25, 0.3) is 0 Å². The van der Waals surface area contributed by atoms with Crippen molar-refractivity contribution in [3.05, 3.63) is 23.1 Å². The van der Waals surface area contributed by atoms with Gasteiger partial charge in [-0.25, -0.2) is 0 Å². The van der Waals surface area contributed by atoms with Crippen LogP contribution in [0.4, 0.5) is 0 Å². The number of carbonyl (C=O) groups excluding carboxylic acids is 1. The Bertz CT molecular complexity index is 330. The minimum atomic E-state index is -0.558. The number of hydrogen-bond donors (Lipinski definition) is 2. The Morgan fingerprint density at radius 3 is 2.87 bits per heavy atom. The summed E-state index contributed by atoms with van der Waals surface area (Å²) in [6, 6.07) is 2.97. The van der Waals surface area contributed by atoms with Gasteiger partial charge in [0, 0.05) is 0 Å². The molecule has 84 valence electrons. The van der Waals surface area contributed by atoms with Crippen LogP contribution in [0, 0.1) is 0 Å². The molecule has 1 unspecified atom stereocenters. The van der Waals surface area contributed by atoms with E-state index in [4.69, 9.17) is 27.5 Å². The Morgan fingerprint density at radius 2 is 2.33 bits per heavy atom. The fraction of sp³-hybridized carbons (Fsp3) is 0.444. The van der Waals surface area contributed by atoms with Gasteiger partial charge in [0.25, 0.3) is 0 Å². The highest BCUT2D eigenvalue weighted by Gasteiger charge is 2.08. The quantitative estimate of drug-likeness (QED) is 0.745. The molecule has 0 radical (unpaired) electrons. The maximum Gasteiger partial charge on any atom is 0.234 e. The highest BCUT2D eigenvalue weighted by molar-refractivity contribution is 7.98. The van der Waals surface area contributed by atoms with Gasteiger partial charge < -0.3 is 15.9 Å². The molecule has 1 amide bonds. The van der Waals surface area contributed by atoms with Crippen LogP contribution in [0.15, 0.2) is 16.5 Å². The minimum absolute atomic E-state index is 0.388. The first-order chi connectivity index (χ1) is 7.09. The zero-order valence-corrected chi connectivity index (χ0v) is 9.68. The van der Waals surface area contributed by atoms with E-state index in [0.29, 0.717) is 11.6 Å². The molecule has 1 heterocycles. The number of rotatable bonds is 6. The van der Waals surface area contributed by atoms with Gasteiger partial charge in [-0.2, -0.15) is 11.8 Å². The molecule has 0 fully saturated rings. The van der Waals surface area contributed by atoms with Crippen LogP contribution in [0.5, 0.6) is 0 Å². The summed E-state index contributed by atoms with van der Waals surface area (Å²) >= 11 is 7.23. The number of carbonyl (C=O) groups is 1. The van der Waals surface area contributed by atoms with E-state index in [1.807, 2.05) is 6.07 Å². The number of thioether (sulfide) groups is 1. The van der Waals surface area contributed by atoms with Crippen LogP contribution in [-0.2, 0) is 10.5 Å². The summed E-state index contributed by atoms with van der Waals surface area (Å²) in [4.78, 5) is 10.6. The maximum atomic E-state index is 10.6. The van der Waals surface area contributed by atoms with Crippen LogP contribution in [-0.4, -0.2) is 17.7 Å². The molecule has 0 aliphatic heterocycles. The average Bonchev–Trinajstić information content (AvgIpc) is 2.58. The van der Waals surface area contributed by atoms with Crippen molar-refractivity contribution >= 4 is 29.3 Å². The third-order valence-electron chi connectivity index (χ3n) is 1.81. The Morgan fingerprint density at radius 1 is 1.60 bits per heavy atom. The molecule has 1 aromatic heterocycles. The zero-order chi connectivity index (χ0) is 11.3. The van der Waals surface area contributed by atoms with Crippen molar-refractivity contribution in [3.63, 3.8) is 0 Å². The molecule has 0 aliphatic carbocycles. The molecule has 1 aromatic rings. The van der Waals surface area contributed by atoms with Crippen LogP contribution in [0.1, 0.15) is 12.2 Å². The summed E-state index contributed by atoms with van der Waals surface area (Å²) in [5.41, 5.74) is 10.5. The maximum absolute atomic E-state index is 10.6. The number of primary amides is 1. The van der Waals surface area contributed by atoms with Crippen molar-refractivity contribution in [2.45, 2.75) is 18.2 Å². The number of nitrogens with two attached hydrogens (primary N) is 2. The van der Waals surface area contributed by atoms with E-state index in [2.05, 4.69) is 0 Å². The minimum Gasteiger partial charge on any atom is -0.449 e. The molecular weight excluding hydrogens is 236 g/mol. The van der Waals surface area contributed by atoms with Gasteiger partial charge in [0.15, 0.2) is 5.22 Å². The summed E-state index contributed by atoms with van der Waals surface area (Å²) in [5.74, 6) is 1.84. The zero-order valence-electron chi connectivity index (χ0n) is 8.11. The highest BCUT2D eigenvalue weighted by Crippen LogP contribution is 2.18. The highest BCUT2D eigenvalue weighted by atomic mass is 35.5. The lowest BCUT2D eigenvalue weighted by Crippen LogP contribution is -2.36. The van der Waals surface area contributed by atoms with Gasteiger partial charge in [-0.05, 0) is 35.9 Å². The summed E-state index contributed by atoms with van der Waals surface area (Å²) in [5, 5.41) is 0.388. The lowest BCUT2D eigenvalue weighted by molar-refractivity contribution is -0.119. The molecule has 15 heavy (non-hydrogen) atoms. The summed E-state index contributed by atoms with van der Waals surface area (Å²) in [6.45, 7) is 0. The normalized spacial score (nSPS) is 12.7. The first kappa shape index (κ1) is 12.4. The predicted molar refractivity (Wildman–Crippen MR) is 61.7 cm³/mol. The third-order valence-corrected chi connectivity index (χ3v) is 3.03. The number of hydrogen-bond acceptors (Lipinski definition) is 4. The summed E-state index contributed by atoms with van der Waals surface area (Å²) < 4.78 is 5.16. The van der Waals surface area contributed by atoms with Crippen molar-refractivity contribution < 1.29 is 9.21 Å². The molecule has 1 atom stereocenters. The lowest BCUT2D eigenvalue weighted by Gasteiger charge is -2.05. The van der Waals surface area contributed by atoms with E-state index >= 15 is 0 Å². The van der Waals surface area contributed by atoms with Gasteiger partial charge in [0.1, 0.15) is 5.76 Å². The summed E-state index contributed by atoms with van der Waals surface area (Å²) in [6.07, 6.45) is 0.578. The Hall–Kier alpha value is -0.650. The largest absolute Gasteiger partial charge is 0.449 e. The second kappa shape index (κ2) is 6.05. The molecule has 0 bridgehead atoms. The average molecular weight is 249 g/mol. The van der Waals surface area contributed by atoms with Crippen LogP contribution in [0.3, 0.4) is 0 Å². The van der Waals surface area contributed by atoms with Gasteiger partial charge >= 0.3 is 0 Å². The molecule has 4 nitrogen and oxygen atoms in total. The second-order valence-electron chi connectivity index (χ2n) is 3.06. The van der Waals surface area contributed by atoms with Gasteiger partial charge in [0.2, 0.25) is 5.91 Å². The van der Waals surface area contributed by atoms with Crippen molar-refractivity contribution in [1.82, 2.24) is 0 Å². The standard InChI is InChI=1S/C9H13ClN2O2S/c10-8-2-1-6(14-8)5-15-4-3-7(11)9(12)13/h1-2,7H,3-5,11H2,(H2,12,13). The number of amides is 1. The van der Waals surface area contributed by atoms with Crippen molar-refractivity contribution in [2.24, 2.45) is 11.5 Å². The van der Waals surface area contributed by atoms with Gasteiger partial charge in [-0.1, -0.05) is 0 Å². The smallest absolute Gasteiger partial charge is 0.234 e. The molecule has 0 saturated carbocycles. The van der Waals surface area contributed by atoms with Gasteiger partial charge in [0.05, 0.1) is 11.8 Å². The van der Waals surface area contributed by atoms with Crippen LogP contribution >= 0.6 is 23.4 Å². The molecule has 1 rings (SSSR count). The molecule has 0 aromatic carbocycles. The molecule has 6 heteroatoms. The van der Waals surface area contributed by atoms with Gasteiger partial charge in [-0.3, -0.25) is 4.79 Å². The Labute approximate surface area is 97.3 Å². The van der Waals surface area contributed by atoms with E-state index in [9.17, 15) is 4.79 Å². The first-order valence-corrected chi connectivity index (χ1v) is 5.99. The topological polar surface area (TPSA) is 82.2 Å². The van der Waals surface area contributed by atoms with Crippen LogP contribution < -0.4 is 11.5 Å². The lowest BCUT2D eigenvalue weighted by atomic mass is 10.2. The van der Waals surface area contributed by atoms with Crippen LogP contribution in [0.2, 0.25) is 5.22 Å². The van der Waals surface area contributed by atoms with Crippen molar-refractivity contribution in [1.29, 1.82) is 0 Å². The fourth-order valence-corrected chi connectivity index (χ4v) is 2.04. The molecule has 0 spiro atoms. The third kappa shape index (κ3) is 4.59. The Kier molecular flexibility index (Phi) is 5.01. The second-order valence-corrected chi connectivity index (χ2v) is 4.53. The van der Waals surface area contributed by atoms with Gasteiger partial charge in [-0.15, -0.1) is 0 Å². The fourth-order valence-electron chi connectivity index (χ4n) is 0.955. The number of halogens is 1. The SMILES string of the molecule is NC(=O)C(N)CCSCc1ccc(Cl)o1. The van der Waals surface area contributed by atoms with E-state index in [1.54, 1.807) is 17.8 Å². The summed E-state index contributed by atoms with van der Waals surface area (Å²) in [7, 11) is 0. The first-order valence-electron chi connectivity index (χ1n) is 4.46. The molecule has 0 aliphatic rings. The van der Waals surface area contributed by atoms with E-state index in [0.717, 1.165) is 17.3 Å². The van der Waals surface area contributed by atoms with Crippen molar-refractivity contribution in [2.75, 3.05) is 5.75 Å². The Balaban J connectivity index is 2.14. The monoisotopic (exact) mass is 248 g/mol. The molecule has 0 saturated heterocycles. The van der Waals surface area contributed by atoms with E-state index < -0.39 is 11.9 Å². The van der Waals surface area contributed by atoms with Crippen molar-refractivity contribution in [3.8, 4) is 0 Å². The number of furan rings is 1. The van der Waals surface area contributed by atoms with E-state index in [-0.39, 0.29) is 0 Å².